The molecule has 3 fully saturated rings. The van der Waals surface area contributed by atoms with Gasteiger partial charge in [-0.1, -0.05) is 41.5 Å². The van der Waals surface area contributed by atoms with Crippen LogP contribution in [-0.4, -0.2) is 5.11 Å². The predicted molar refractivity (Wildman–Crippen MR) is 107 cm³/mol. The SMILES string of the molecule is Cc1ccc(C)c(C2CC3C4CC(c5cc(C)ccc5O)C(C4)C3C2)c1. The van der Waals surface area contributed by atoms with E-state index in [2.05, 4.69) is 45.0 Å². The average molecular weight is 347 g/mol. The van der Waals surface area contributed by atoms with Gasteiger partial charge in [0.25, 0.3) is 0 Å². The first kappa shape index (κ1) is 16.4. The minimum atomic E-state index is 0.522. The van der Waals surface area contributed by atoms with E-state index in [1.807, 2.05) is 12.1 Å². The molecule has 2 bridgehead atoms. The lowest BCUT2D eigenvalue weighted by Crippen LogP contribution is -2.23. The zero-order chi connectivity index (χ0) is 18.0. The molecule has 0 aromatic heterocycles. The molecule has 0 saturated heterocycles. The molecule has 2 aromatic rings. The van der Waals surface area contributed by atoms with Gasteiger partial charge in [0.05, 0.1) is 0 Å². The summed E-state index contributed by atoms with van der Waals surface area (Å²) in [5, 5.41) is 10.5. The number of hydrogen-bond donors (Lipinski definition) is 1. The standard InChI is InChI=1S/C25H30O/c1-14-4-6-16(3)19(8-14)17-10-20-18-12-22(21(20)11-17)23(13-18)24-9-15(2)5-7-25(24)26/h4-9,17-18,20-23,26H,10-13H2,1-3H3. The second kappa shape index (κ2) is 5.87. The fourth-order valence-corrected chi connectivity index (χ4v) is 6.85. The first-order valence-corrected chi connectivity index (χ1v) is 10.4. The highest BCUT2D eigenvalue weighted by Gasteiger charge is 2.56. The maximum Gasteiger partial charge on any atom is 0.119 e. The second-order valence-electron chi connectivity index (χ2n) is 9.42. The molecule has 1 nitrogen and oxygen atoms in total. The van der Waals surface area contributed by atoms with Crippen LogP contribution in [0.5, 0.6) is 5.75 Å². The van der Waals surface area contributed by atoms with E-state index in [-0.39, 0.29) is 0 Å². The van der Waals surface area contributed by atoms with Crippen LogP contribution in [0.15, 0.2) is 36.4 Å². The summed E-state index contributed by atoms with van der Waals surface area (Å²) in [5.41, 5.74) is 6.98. The van der Waals surface area contributed by atoms with Crippen LogP contribution in [0.1, 0.15) is 65.3 Å². The summed E-state index contributed by atoms with van der Waals surface area (Å²) in [4.78, 5) is 0. The Balaban J connectivity index is 1.42. The van der Waals surface area contributed by atoms with Gasteiger partial charge in [0.2, 0.25) is 0 Å². The van der Waals surface area contributed by atoms with Crippen LogP contribution in [-0.2, 0) is 0 Å². The molecule has 0 heterocycles. The Morgan fingerprint density at radius 2 is 1.42 bits per heavy atom. The summed E-state index contributed by atoms with van der Waals surface area (Å²) >= 11 is 0. The van der Waals surface area contributed by atoms with Crippen LogP contribution in [0.3, 0.4) is 0 Å². The number of fused-ring (bicyclic) bond motifs is 5. The lowest BCUT2D eigenvalue weighted by atomic mass is 9.73. The monoisotopic (exact) mass is 346 g/mol. The Morgan fingerprint density at radius 3 is 2.23 bits per heavy atom. The van der Waals surface area contributed by atoms with E-state index >= 15 is 0 Å². The van der Waals surface area contributed by atoms with Crippen LogP contribution < -0.4 is 0 Å². The summed E-state index contributed by atoms with van der Waals surface area (Å²) in [6.07, 6.45) is 5.44. The fourth-order valence-electron chi connectivity index (χ4n) is 6.85. The molecule has 1 N–H and O–H groups in total. The Bertz CT molecular complexity index is 851. The van der Waals surface area contributed by atoms with Crippen LogP contribution in [0.2, 0.25) is 0 Å². The van der Waals surface area contributed by atoms with E-state index in [0.29, 0.717) is 11.7 Å². The smallest absolute Gasteiger partial charge is 0.119 e. The van der Waals surface area contributed by atoms with Crippen molar-refractivity contribution in [3.8, 4) is 5.75 Å². The molecule has 0 radical (unpaired) electrons. The zero-order valence-corrected chi connectivity index (χ0v) is 16.2. The molecule has 0 aliphatic heterocycles. The molecule has 2 aromatic carbocycles. The molecule has 26 heavy (non-hydrogen) atoms. The van der Waals surface area contributed by atoms with Crippen molar-refractivity contribution in [3.63, 3.8) is 0 Å². The van der Waals surface area contributed by atoms with Gasteiger partial charge in [0.1, 0.15) is 5.75 Å². The summed E-state index contributed by atoms with van der Waals surface area (Å²) in [6.45, 7) is 6.65. The van der Waals surface area contributed by atoms with E-state index in [1.165, 1.54) is 47.9 Å². The molecule has 6 atom stereocenters. The summed E-state index contributed by atoms with van der Waals surface area (Å²) < 4.78 is 0. The van der Waals surface area contributed by atoms with Crippen molar-refractivity contribution in [2.24, 2.45) is 23.7 Å². The molecule has 5 rings (SSSR count). The number of phenolic OH excluding ortho intramolecular Hbond substituents is 1. The summed E-state index contributed by atoms with van der Waals surface area (Å²) in [6, 6.07) is 13.2. The molecule has 6 unspecified atom stereocenters. The zero-order valence-electron chi connectivity index (χ0n) is 16.2. The normalized spacial score (nSPS) is 35.0. The first-order chi connectivity index (χ1) is 12.5. The third-order valence-electron chi connectivity index (χ3n) is 7.92. The lowest BCUT2D eigenvalue weighted by molar-refractivity contribution is 0.230. The number of rotatable bonds is 2. The van der Waals surface area contributed by atoms with Gasteiger partial charge in [-0.3, -0.25) is 0 Å². The number of aryl methyl sites for hydroxylation is 3. The van der Waals surface area contributed by atoms with Crippen molar-refractivity contribution in [3.05, 3.63) is 64.2 Å². The number of benzene rings is 2. The third-order valence-corrected chi connectivity index (χ3v) is 7.92. The van der Waals surface area contributed by atoms with Gasteiger partial charge in [0, 0.05) is 0 Å². The number of phenols is 1. The Morgan fingerprint density at radius 1 is 0.731 bits per heavy atom. The van der Waals surface area contributed by atoms with Gasteiger partial charge in [-0.25, -0.2) is 0 Å². The van der Waals surface area contributed by atoms with Crippen LogP contribution in [0.4, 0.5) is 0 Å². The maximum atomic E-state index is 10.5. The minimum absolute atomic E-state index is 0.522. The molecular formula is C25H30O. The largest absolute Gasteiger partial charge is 0.508 e. The van der Waals surface area contributed by atoms with Crippen LogP contribution >= 0.6 is 0 Å². The van der Waals surface area contributed by atoms with Gasteiger partial charge < -0.3 is 5.11 Å². The molecule has 0 amide bonds. The predicted octanol–water partition coefficient (Wildman–Crippen LogP) is 6.25. The molecule has 3 aliphatic rings. The quantitative estimate of drug-likeness (QED) is 0.681. The number of aromatic hydroxyl groups is 1. The van der Waals surface area contributed by atoms with Crippen molar-refractivity contribution < 1.29 is 5.11 Å². The van der Waals surface area contributed by atoms with Gasteiger partial charge in [-0.15, -0.1) is 0 Å². The van der Waals surface area contributed by atoms with Gasteiger partial charge in [-0.05, 0) is 105 Å². The van der Waals surface area contributed by atoms with Gasteiger partial charge in [-0.2, -0.15) is 0 Å². The lowest BCUT2D eigenvalue weighted by Gasteiger charge is -2.32. The minimum Gasteiger partial charge on any atom is -0.508 e. The average Bonchev–Trinajstić information content (AvgIpc) is 3.30. The molecular weight excluding hydrogens is 316 g/mol. The Labute approximate surface area is 157 Å². The van der Waals surface area contributed by atoms with E-state index < -0.39 is 0 Å². The summed E-state index contributed by atoms with van der Waals surface area (Å²) in [5.74, 6) is 5.31. The van der Waals surface area contributed by atoms with Gasteiger partial charge in [0.15, 0.2) is 0 Å². The molecule has 136 valence electrons. The van der Waals surface area contributed by atoms with Crippen LogP contribution in [0.25, 0.3) is 0 Å². The summed E-state index contributed by atoms with van der Waals surface area (Å²) in [7, 11) is 0. The highest BCUT2D eigenvalue weighted by molar-refractivity contribution is 5.41. The molecule has 1 heteroatoms. The number of hydrogen-bond acceptors (Lipinski definition) is 1. The van der Waals surface area contributed by atoms with E-state index in [0.717, 1.165) is 29.6 Å². The van der Waals surface area contributed by atoms with Crippen molar-refractivity contribution in [1.82, 2.24) is 0 Å². The van der Waals surface area contributed by atoms with Crippen LogP contribution in [0, 0.1) is 44.4 Å². The van der Waals surface area contributed by atoms with Crippen molar-refractivity contribution in [1.29, 1.82) is 0 Å². The second-order valence-corrected chi connectivity index (χ2v) is 9.42. The Hall–Kier alpha value is -1.76. The topological polar surface area (TPSA) is 20.2 Å². The third kappa shape index (κ3) is 2.43. The van der Waals surface area contributed by atoms with Crippen molar-refractivity contribution in [2.75, 3.05) is 0 Å². The molecule has 0 spiro atoms. The van der Waals surface area contributed by atoms with Crippen molar-refractivity contribution in [2.45, 2.75) is 58.3 Å². The van der Waals surface area contributed by atoms with Gasteiger partial charge >= 0.3 is 0 Å². The Kier molecular flexibility index (Phi) is 3.71. The first-order valence-electron chi connectivity index (χ1n) is 10.4. The fraction of sp³-hybridized carbons (Fsp3) is 0.520. The van der Waals surface area contributed by atoms with E-state index in [9.17, 15) is 5.11 Å². The molecule has 3 saturated carbocycles. The van der Waals surface area contributed by atoms with Crippen molar-refractivity contribution >= 4 is 0 Å². The van der Waals surface area contributed by atoms with E-state index in [4.69, 9.17) is 0 Å². The molecule has 3 aliphatic carbocycles. The highest BCUT2D eigenvalue weighted by Crippen LogP contribution is 2.66. The highest BCUT2D eigenvalue weighted by atomic mass is 16.3. The maximum absolute atomic E-state index is 10.5. The van der Waals surface area contributed by atoms with E-state index in [1.54, 1.807) is 5.56 Å².